The second kappa shape index (κ2) is 8.31. The number of rotatable bonds is 6. The topological polar surface area (TPSA) is 67.1 Å². The molecule has 0 aliphatic rings. The van der Waals surface area contributed by atoms with Gasteiger partial charge in [0.1, 0.15) is 18.7 Å². The first-order valence-electron chi connectivity index (χ1n) is 8.04. The molecule has 1 aromatic heterocycles. The van der Waals surface area contributed by atoms with Crippen LogP contribution >= 0.6 is 0 Å². The van der Waals surface area contributed by atoms with Crippen molar-refractivity contribution in [1.82, 2.24) is 25.4 Å². The molecule has 2 rings (SSSR count). The maximum Gasteiger partial charge on any atom is 0.191 e. The molecule has 6 nitrogen and oxygen atoms in total. The Bertz CT molecular complexity index is 619. The lowest BCUT2D eigenvalue weighted by atomic mass is 9.94. The number of guanidine groups is 1. The molecule has 0 spiro atoms. The Balaban J connectivity index is 2.02. The zero-order valence-electron chi connectivity index (χ0n) is 14.3. The lowest BCUT2D eigenvalue weighted by Gasteiger charge is -2.24. The van der Waals surface area contributed by atoms with Crippen LogP contribution in [0.3, 0.4) is 0 Å². The number of benzene rings is 1. The lowest BCUT2D eigenvalue weighted by molar-refractivity contribution is 0.549. The Hall–Kier alpha value is -2.37. The molecule has 0 bridgehead atoms. The maximum atomic E-state index is 4.60. The van der Waals surface area contributed by atoms with E-state index in [1.165, 1.54) is 5.56 Å². The predicted octanol–water partition coefficient (Wildman–Crippen LogP) is 2.06. The van der Waals surface area contributed by atoms with Crippen molar-refractivity contribution < 1.29 is 0 Å². The van der Waals surface area contributed by atoms with Crippen LogP contribution in [0.15, 0.2) is 41.7 Å². The first-order valence-corrected chi connectivity index (χ1v) is 8.04. The van der Waals surface area contributed by atoms with Crippen LogP contribution < -0.4 is 10.6 Å². The van der Waals surface area contributed by atoms with Gasteiger partial charge < -0.3 is 10.6 Å². The molecular formula is C17H26N6. The molecule has 0 amide bonds. The maximum absolute atomic E-state index is 4.60. The molecule has 2 unspecified atom stereocenters. The van der Waals surface area contributed by atoms with Gasteiger partial charge in [-0.2, -0.15) is 5.10 Å². The minimum absolute atomic E-state index is 0.259. The number of hydrogen-bond donors (Lipinski definition) is 2. The molecule has 2 N–H and O–H groups in total. The number of aliphatic imine (C=N–C) groups is 1. The fourth-order valence-electron chi connectivity index (χ4n) is 2.32. The standard InChI is InChI=1S/C17H26N6/c1-5-18-17(19-11-16-20-12-21-23(16)4)22-14(3)13(2)15-9-7-6-8-10-15/h6-10,12-14H,5,11H2,1-4H3,(H2,18,19,22). The van der Waals surface area contributed by atoms with Gasteiger partial charge in [0.05, 0.1) is 0 Å². The van der Waals surface area contributed by atoms with E-state index in [2.05, 4.69) is 70.7 Å². The molecule has 23 heavy (non-hydrogen) atoms. The second-order valence-electron chi connectivity index (χ2n) is 5.63. The first-order chi connectivity index (χ1) is 11.1. The molecule has 2 aromatic rings. The average molecular weight is 314 g/mol. The quantitative estimate of drug-likeness (QED) is 0.633. The molecule has 2 atom stereocenters. The first kappa shape index (κ1) is 17.0. The number of aromatic nitrogens is 3. The molecule has 0 aliphatic heterocycles. The van der Waals surface area contributed by atoms with Crippen molar-refractivity contribution in [2.45, 2.75) is 39.3 Å². The van der Waals surface area contributed by atoms with E-state index >= 15 is 0 Å². The predicted molar refractivity (Wildman–Crippen MR) is 93.3 cm³/mol. The molecule has 0 radical (unpaired) electrons. The van der Waals surface area contributed by atoms with Gasteiger partial charge in [0.15, 0.2) is 5.96 Å². The largest absolute Gasteiger partial charge is 0.357 e. The third-order valence-electron chi connectivity index (χ3n) is 3.97. The van der Waals surface area contributed by atoms with Crippen molar-refractivity contribution in [3.05, 3.63) is 48.0 Å². The van der Waals surface area contributed by atoms with Crippen molar-refractivity contribution in [2.75, 3.05) is 6.54 Å². The number of nitrogens with one attached hydrogen (secondary N) is 2. The third-order valence-corrected chi connectivity index (χ3v) is 3.97. The van der Waals surface area contributed by atoms with Crippen molar-refractivity contribution in [1.29, 1.82) is 0 Å². The van der Waals surface area contributed by atoms with Crippen molar-refractivity contribution in [3.63, 3.8) is 0 Å². The Morgan fingerprint density at radius 3 is 2.61 bits per heavy atom. The van der Waals surface area contributed by atoms with Gasteiger partial charge in [-0.15, -0.1) is 0 Å². The van der Waals surface area contributed by atoms with Crippen LogP contribution in [0.5, 0.6) is 0 Å². The molecule has 0 saturated heterocycles. The van der Waals surface area contributed by atoms with E-state index in [0.29, 0.717) is 12.5 Å². The normalized spacial score (nSPS) is 14.3. The highest BCUT2D eigenvalue weighted by atomic mass is 15.3. The number of nitrogens with zero attached hydrogens (tertiary/aromatic N) is 4. The number of hydrogen-bond acceptors (Lipinski definition) is 3. The monoisotopic (exact) mass is 314 g/mol. The van der Waals surface area contributed by atoms with Gasteiger partial charge in [-0.25, -0.2) is 9.98 Å². The fourth-order valence-corrected chi connectivity index (χ4v) is 2.32. The van der Waals surface area contributed by atoms with Crippen LogP contribution in [-0.4, -0.2) is 33.3 Å². The highest BCUT2D eigenvalue weighted by Gasteiger charge is 2.15. The summed E-state index contributed by atoms with van der Waals surface area (Å²) in [6.07, 6.45) is 1.55. The van der Waals surface area contributed by atoms with Crippen LogP contribution in [0.25, 0.3) is 0 Å². The molecule has 0 saturated carbocycles. The van der Waals surface area contributed by atoms with Gasteiger partial charge >= 0.3 is 0 Å². The van der Waals surface area contributed by atoms with Crippen molar-refractivity contribution in [3.8, 4) is 0 Å². The van der Waals surface area contributed by atoms with Crippen molar-refractivity contribution >= 4 is 5.96 Å². The summed E-state index contributed by atoms with van der Waals surface area (Å²) in [7, 11) is 1.87. The zero-order chi connectivity index (χ0) is 16.7. The third kappa shape index (κ3) is 4.81. The summed E-state index contributed by atoms with van der Waals surface area (Å²) in [6.45, 7) is 7.77. The average Bonchev–Trinajstić information content (AvgIpc) is 2.98. The minimum atomic E-state index is 0.259. The van der Waals surface area contributed by atoms with Gasteiger partial charge in [0.25, 0.3) is 0 Å². The smallest absolute Gasteiger partial charge is 0.191 e. The van der Waals surface area contributed by atoms with Gasteiger partial charge in [0.2, 0.25) is 0 Å². The Labute approximate surface area is 138 Å². The second-order valence-corrected chi connectivity index (χ2v) is 5.63. The summed E-state index contributed by atoms with van der Waals surface area (Å²) < 4.78 is 1.74. The van der Waals surface area contributed by atoms with E-state index in [0.717, 1.165) is 18.3 Å². The van der Waals surface area contributed by atoms with Crippen LogP contribution in [0.4, 0.5) is 0 Å². The summed E-state index contributed by atoms with van der Waals surface area (Å²) in [4.78, 5) is 8.80. The molecular weight excluding hydrogens is 288 g/mol. The highest BCUT2D eigenvalue weighted by molar-refractivity contribution is 5.80. The molecule has 0 fully saturated rings. The van der Waals surface area contributed by atoms with Crippen LogP contribution in [0, 0.1) is 0 Å². The van der Waals surface area contributed by atoms with Gasteiger partial charge in [-0.1, -0.05) is 37.3 Å². The molecule has 0 aliphatic carbocycles. The summed E-state index contributed by atoms with van der Waals surface area (Å²) in [5, 5.41) is 10.8. The van der Waals surface area contributed by atoms with E-state index < -0.39 is 0 Å². The number of aryl methyl sites for hydroxylation is 1. The summed E-state index contributed by atoms with van der Waals surface area (Å²) in [5.41, 5.74) is 1.32. The summed E-state index contributed by atoms with van der Waals surface area (Å²) >= 11 is 0. The minimum Gasteiger partial charge on any atom is -0.357 e. The Kier molecular flexibility index (Phi) is 6.14. The summed E-state index contributed by atoms with van der Waals surface area (Å²) in [6, 6.07) is 10.8. The van der Waals surface area contributed by atoms with E-state index in [4.69, 9.17) is 0 Å². The lowest BCUT2D eigenvalue weighted by Crippen LogP contribution is -2.44. The highest BCUT2D eigenvalue weighted by Crippen LogP contribution is 2.18. The van der Waals surface area contributed by atoms with Crippen LogP contribution in [0.1, 0.15) is 38.1 Å². The fraction of sp³-hybridized carbons (Fsp3) is 0.471. The van der Waals surface area contributed by atoms with E-state index in [1.54, 1.807) is 11.0 Å². The van der Waals surface area contributed by atoms with E-state index in [9.17, 15) is 0 Å². The van der Waals surface area contributed by atoms with Gasteiger partial charge in [0, 0.05) is 25.6 Å². The molecule has 1 heterocycles. The molecule has 1 aromatic carbocycles. The van der Waals surface area contributed by atoms with E-state index in [1.807, 2.05) is 13.1 Å². The van der Waals surface area contributed by atoms with Gasteiger partial charge in [-0.3, -0.25) is 4.68 Å². The Morgan fingerprint density at radius 1 is 1.26 bits per heavy atom. The zero-order valence-corrected chi connectivity index (χ0v) is 14.3. The van der Waals surface area contributed by atoms with Crippen molar-refractivity contribution in [2.24, 2.45) is 12.0 Å². The Morgan fingerprint density at radius 2 is 2.00 bits per heavy atom. The summed E-state index contributed by atoms with van der Waals surface area (Å²) in [5.74, 6) is 2.02. The molecule has 6 heteroatoms. The van der Waals surface area contributed by atoms with E-state index in [-0.39, 0.29) is 6.04 Å². The SMILES string of the molecule is CCNC(=NCc1ncnn1C)NC(C)C(C)c1ccccc1. The van der Waals surface area contributed by atoms with Crippen LogP contribution in [0.2, 0.25) is 0 Å². The molecule has 124 valence electrons. The van der Waals surface area contributed by atoms with Crippen LogP contribution in [-0.2, 0) is 13.6 Å². The van der Waals surface area contributed by atoms with Gasteiger partial charge in [-0.05, 0) is 19.4 Å².